The number of amidine groups is 1. The minimum absolute atomic E-state index is 0.179. The smallest absolute Gasteiger partial charge is 0.141 e. The predicted octanol–water partition coefficient (Wildman–Crippen LogP) is 12.6. The van der Waals surface area contributed by atoms with Crippen molar-refractivity contribution in [3.05, 3.63) is 157 Å². The quantitative estimate of drug-likeness (QED) is 0.180. The van der Waals surface area contributed by atoms with Gasteiger partial charge in [-0.25, -0.2) is 4.98 Å². The molecule has 7 aromatic rings. The van der Waals surface area contributed by atoms with Gasteiger partial charge in [0.1, 0.15) is 23.2 Å². The molecule has 0 radical (unpaired) electrons. The van der Waals surface area contributed by atoms with Crippen molar-refractivity contribution in [3.8, 4) is 17.3 Å². The van der Waals surface area contributed by atoms with E-state index in [1.807, 2.05) is 6.20 Å². The molecule has 286 valence electrons. The largest absolute Gasteiger partial charge is 0.457 e. The molecule has 5 aromatic carbocycles. The van der Waals surface area contributed by atoms with Crippen LogP contribution in [0.5, 0.6) is 11.5 Å². The van der Waals surface area contributed by atoms with Crippen LogP contribution < -0.4 is 9.64 Å². The number of anilines is 1. The van der Waals surface area contributed by atoms with E-state index in [4.69, 9.17) is 14.7 Å². The fraction of sp³-hybridized carbons (Fsp3) is 0.308. The first-order valence-electron chi connectivity index (χ1n) is 20.5. The van der Waals surface area contributed by atoms with Crippen LogP contribution in [0.15, 0.2) is 90.1 Å². The van der Waals surface area contributed by atoms with Crippen molar-refractivity contribution in [2.45, 2.75) is 106 Å². The second kappa shape index (κ2) is 11.7. The maximum atomic E-state index is 7.11. The predicted molar refractivity (Wildman–Crippen MR) is 236 cm³/mol. The molecule has 0 saturated carbocycles. The highest BCUT2D eigenvalue weighted by Gasteiger charge is 2.61. The average Bonchev–Trinajstić information content (AvgIpc) is 3.66. The lowest BCUT2D eigenvalue weighted by atomic mass is 9.75. The van der Waals surface area contributed by atoms with Crippen LogP contribution in [0.1, 0.15) is 100 Å². The van der Waals surface area contributed by atoms with E-state index in [1.54, 1.807) is 0 Å². The van der Waals surface area contributed by atoms with Gasteiger partial charge in [0.2, 0.25) is 0 Å². The molecule has 0 bridgehead atoms. The van der Waals surface area contributed by atoms with Crippen molar-refractivity contribution in [1.29, 1.82) is 0 Å². The molecule has 0 unspecified atom stereocenters. The van der Waals surface area contributed by atoms with E-state index >= 15 is 0 Å². The second-order valence-electron chi connectivity index (χ2n) is 18.4. The number of hydrogen-bond donors (Lipinski definition) is 0. The molecule has 1 aliphatic carbocycles. The number of nitrogens with zero attached hydrogens (tertiary/aromatic N) is 4. The molecule has 3 aliphatic rings. The maximum Gasteiger partial charge on any atom is 0.141 e. The van der Waals surface area contributed by atoms with Gasteiger partial charge in [0.25, 0.3) is 0 Å². The van der Waals surface area contributed by atoms with Gasteiger partial charge in [-0.05, 0) is 144 Å². The Bertz CT molecular complexity index is 2940. The Morgan fingerprint density at radius 2 is 1.30 bits per heavy atom. The lowest BCUT2D eigenvalue weighted by Crippen LogP contribution is -2.52. The monoisotopic (exact) mass is 748 g/mol. The van der Waals surface area contributed by atoms with Gasteiger partial charge in [-0.2, -0.15) is 0 Å². The molecular weight excluding hydrogens is 697 g/mol. The highest BCUT2D eigenvalue weighted by atomic mass is 16.5. The van der Waals surface area contributed by atoms with Crippen LogP contribution in [0.4, 0.5) is 5.69 Å². The van der Waals surface area contributed by atoms with E-state index in [9.17, 15) is 0 Å². The number of fused-ring (bicyclic) bond motifs is 8. The third-order valence-electron chi connectivity index (χ3n) is 14.0. The summed E-state index contributed by atoms with van der Waals surface area (Å²) in [4.78, 5) is 13.4. The molecule has 5 heteroatoms. The molecule has 4 heterocycles. The molecule has 0 fully saturated rings. The van der Waals surface area contributed by atoms with E-state index in [0.29, 0.717) is 0 Å². The first-order valence-corrected chi connectivity index (χ1v) is 20.5. The number of hydrogen-bond acceptors (Lipinski definition) is 4. The zero-order chi connectivity index (χ0) is 40.1. The Morgan fingerprint density at radius 1 is 0.614 bits per heavy atom. The highest BCUT2D eigenvalue weighted by molar-refractivity contribution is 6.15. The number of ether oxygens (including phenoxy) is 1. The number of aliphatic imine (C=N–C) groups is 1. The zero-order valence-electron chi connectivity index (χ0n) is 35.5. The average molecular weight is 749 g/mol. The summed E-state index contributed by atoms with van der Waals surface area (Å²) >= 11 is 0. The van der Waals surface area contributed by atoms with E-state index in [1.165, 1.54) is 77.6 Å². The molecule has 0 N–H and O–H groups in total. The van der Waals surface area contributed by atoms with Crippen LogP contribution >= 0.6 is 0 Å². The van der Waals surface area contributed by atoms with Crippen molar-refractivity contribution in [3.63, 3.8) is 0 Å². The first-order chi connectivity index (χ1) is 27.0. The highest BCUT2D eigenvalue weighted by Crippen LogP contribution is 2.58. The Balaban J connectivity index is 1.15. The lowest BCUT2D eigenvalue weighted by Gasteiger charge is -2.43. The zero-order valence-corrected chi connectivity index (χ0v) is 35.5. The Hall–Kier alpha value is -5.68. The summed E-state index contributed by atoms with van der Waals surface area (Å²) in [5.74, 6) is 3.68. The van der Waals surface area contributed by atoms with Crippen molar-refractivity contribution < 1.29 is 4.74 Å². The number of pyridine rings is 1. The van der Waals surface area contributed by atoms with Crippen molar-refractivity contribution in [2.24, 2.45) is 4.99 Å². The molecule has 2 aromatic heterocycles. The van der Waals surface area contributed by atoms with Crippen LogP contribution in [0, 0.1) is 55.4 Å². The summed E-state index contributed by atoms with van der Waals surface area (Å²) in [6, 6.07) is 29.5. The van der Waals surface area contributed by atoms with E-state index in [2.05, 4.69) is 171 Å². The molecule has 0 amide bonds. The number of benzene rings is 5. The molecule has 2 aliphatic heterocycles. The van der Waals surface area contributed by atoms with Gasteiger partial charge in [0.15, 0.2) is 0 Å². The molecule has 0 spiro atoms. The SMILES string of the molecule is Cc1cc(C)c(N2C(c3cc(Oc4cc5c(cc4C)c4cc(C)cc6c4n5-c4ncccc4C6(C)C)c(C)cc3C)=N[C@]3(C)Cc4c(C)cccc4[C@]23C)c(C)c1. The molecule has 57 heavy (non-hydrogen) atoms. The lowest BCUT2D eigenvalue weighted by molar-refractivity contribution is 0.321. The minimum atomic E-state index is -0.386. The van der Waals surface area contributed by atoms with Gasteiger partial charge in [-0.15, -0.1) is 0 Å². The van der Waals surface area contributed by atoms with Crippen LogP contribution in [-0.2, 0) is 17.4 Å². The number of rotatable bonds is 4. The second-order valence-corrected chi connectivity index (χ2v) is 18.4. The molecule has 2 atom stereocenters. The summed E-state index contributed by atoms with van der Waals surface area (Å²) in [6.45, 7) is 27.1. The molecule has 0 saturated heterocycles. The van der Waals surface area contributed by atoms with Crippen molar-refractivity contribution >= 4 is 33.3 Å². The van der Waals surface area contributed by atoms with Gasteiger partial charge in [-0.1, -0.05) is 73.5 Å². The first kappa shape index (κ1) is 35.7. The standard InChI is InChI=1S/C52H52N4O/c1-28-19-34(7)46(35(8)20-28)56-48(54-51(11)27-39-30(3)15-13-16-40(39)52(51,56)12)36-25-44(32(5)23-31(36)4)57-45-26-43-37(24-33(45)6)38-21-29(2)22-42-47(38)55(43)49-41(50(42,9)10)17-14-18-53-49/h13-26H,27H2,1-12H3/t51-,52+/m1/s1. The summed E-state index contributed by atoms with van der Waals surface area (Å²) in [5, 5.41) is 2.48. The third kappa shape index (κ3) is 4.69. The van der Waals surface area contributed by atoms with Crippen molar-refractivity contribution in [1.82, 2.24) is 9.55 Å². The summed E-state index contributed by atoms with van der Waals surface area (Å²) in [6.07, 6.45) is 2.81. The van der Waals surface area contributed by atoms with Crippen molar-refractivity contribution in [2.75, 3.05) is 4.90 Å². The van der Waals surface area contributed by atoms with Crippen LogP contribution in [-0.4, -0.2) is 20.9 Å². The molecule has 5 nitrogen and oxygen atoms in total. The van der Waals surface area contributed by atoms with Crippen LogP contribution in [0.25, 0.3) is 27.6 Å². The van der Waals surface area contributed by atoms with Gasteiger partial charge in [0, 0.05) is 51.7 Å². The molecular formula is C52H52N4O. The van der Waals surface area contributed by atoms with E-state index in [0.717, 1.165) is 51.8 Å². The topological polar surface area (TPSA) is 42.6 Å². The summed E-state index contributed by atoms with van der Waals surface area (Å²) in [5.41, 5.74) is 18.9. The van der Waals surface area contributed by atoms with Gasteiger partial charge in [-0.3, -0.25) is 9.56 Å². The van der Waals surface area contributed by atoms with Gasteiger partial charge >= 0.3 is 0 Å². The van der Waals surface area contributed by atoms with E-state index in [-0.39, 0.29) is 16.5 Å². The van der Waals surface area contributed by atoms with Crippen LogP contribution in [0.3, 0.4) is 0 Å². The number of aromatic nitrogens is 2. The third-order valence-corrected chi connectivity index (χ3v) is 14.0. The Kier molecular flexibility index (Phi) is 7.33. The fourth-order valence-corrected chi connectivity index (χ4v) is 11.0. The summed E-state index contributed by atoms with van der Waals surface area (Å²) in [7, 11) is 0. The minimum Gasteiger partial charge on any atom is -0.457 e. The van der Waals surface area contributed by atoms with E-state index < -0.39 is 0 Å². The Morgan fingerprint density at radius 3 is 2.05 bits per heavy atom. The fourth-order valence-electron chi connectivity index (χ4n) is 11.0. The maximum absolute atomic E-state index is 7.11. The van der Waals surface area contributed by atoms with Gasteiger partial charge < -0.3 is 9.64 Å². The summed E-state index contributed by atoms with van der Waals surface area (Å²) < 4.78 is 9.48. The Labute approximate surface area is 337 Å². The number of aryl methyl sites for hydroxylation is 8. The normalized spacial score (nSPS) is 20.2. The van der Waals surface area contributed by atoms with Crippen LogP contribution in [0.2, 0.25) is 0 Å². The molecule has 10 rings (SSSR count). The van der Waals surface area contributed by atoms with Gasteiger partial charge in [0.05, 0.1) is 22.1 Å².